The molecule has 1 amide bonds. The monoisotopic (exact) mass is 344 g/mol. The maximum Gasteiger partial charge on any atom is 0.240 e. The predicted octanol–water partition coefficient (Wildman–Crippen LogP) is 2.39. The van der Waals surface area contributed by atoms with Gasteiger partial charge in [-0.1, -0.05) is 35.4 Å². The summed E-state index contributed by atoms with van der Waals surface area (Å²) in [6.07, 6.45) is 0.166. The Labute approximate surface area is 142 Å². The average molecular weight is 344 g/mol. The Balaban J connectivity index is 1.74. The number of nitrogens with one attached hydrogen (secondary N) is 1. The Bertz CT molecular complexity index is 843. The highest BCUT2D eigenvalue weighted by atomic mass is 32.2. The van der Waals surface area contributed by atoms with Crippen LogP contribution in [0.5, 0.6) is 0 Å². The van der Waals surface area contributed by atoms with Crippen molar-refractivity contribution < 1.29 is 13.2 Å². The van der Waals surface area contributed by atoms with E-state index in [-0.39, 0.29) is 17.2 Å². The molecule has 1 heterocycles. The summed E-state index contributed by atoms with van der Waals surface area (Å²) in [7, 11) is -3.63. The summed E-state index contributed by atoms with van der Waals surface area (Å²) in [6.45, 7) is 4.22. The zero-order valence-corrected chi connectivity index (χ0v) is 14.5. The second kappa shape index (κ2) is 6.37. The summed E-state index contributed by atoms with van der Waals surface area (Å²) in [5.41, 5.74) is 2.90. The minimum Gasteiger partial charge on any atom is -0.311 e. The summed E-state index contributed by atoms with van der Waals surface area (Å²) in [6, 6.07) is 13.9. The van der Waals surface area contributed by atoms with Crippen molar-refractivity contribution in [2.75, 3.05) is 11.4 Å². The fraction of sp³-hybridized carbons (Fsp3) is 0.278. The van der Waals surface area contributed by atoms with Gasteiger partial charge in [-0.25, -0.2) is 13.1 Å². The number of amides is 1. The molecule has 0 saturated carbocycles. The molecule has 1 atom stereocenters. The first-order chi connectivity index (χ1) is 11.3. The van der Waals surface area contributed by atoms with Crippen molar-refractivity contribution in [1.29, 1.82) is 0 Å². The molecule has 1 N–H and O–H groups in total. The van der Waals surface area contributed by atoms with Crippen molar-refractivity contribution >= 4 is 21.6 Å². The molecule has 1 fully saturated rings. The van der Waals surface area contributed by atoms with Crippen molar-refractivity contribution in [1.82, 2.24) is 4.72 Å². The van der Waals surface area contributed by atoms with Crippen molar-refractivity contribution in [2.45, 2.75) is 31.2 Å². The summed E-state index contributed by atoms with van der Waals surface area (Å²) >= 11 is 0. The molecule has 2 aromatic rings. The summed E-state index contributed by atoms with van der Waals surface area (Å²) in [4.78, 5) is 14.1. The van der Waals surface area contributed by atoms with Gasteiger partial charge in [0.2, 0.25) is 15.9 Å². The van der Waals surface area contributed by atoms with Crippen molar-refractivity contribution in [3.05, 3.63) is 59.7 Å². The highest BCUT2D eigenvalue weighted by Crippen LogP contribution is 2.23. The highest BCUT2D eigenvalue weighted by Gasteiger charge is 2.33. The molecule has 1 aliphatic heterocycles. The zero-order chi connectivity index (χ0) is 17.3. The molecule has 24 heavy (non-hydrogen) atoms. The van der Waals surface area contributed by atoms with Gasteiger partial charge in [0.1, 0.15) is 0 Å². The third-order valence-electron chi connectivity index (χ3n) is 4.12. The van der Waals surface area contributed by atoms with Gasteiger partial charge in [-0.3, -0.25) is 4.79 Å². The van der Waals surface area contributed by atoms with Crippen molar-refractivity contribution in [2.24, 2.45) is 0 Å². The first kappa shape index (κ1) is 16.7. The molecule has 5 nitrogen and oxygen atoms in total. The van der Waals surface area contributed by atoms with Crippen LogP contribution in [0.2, 0.25) is 0 Å². The third-order valence-corrected chi connectivity index (χ3v) is 5.66. The van der Waals surface area contributed by atoms with Gasteiger partial charge in [0, 0.05) is 24.7 Å². The number of hydrogen-bond acceptors (Lipinski definition) is 3. The van der Waals surface area contributed by atoms with Crippen LogP contribution in [0.3, 0.4) is 0 Å². The molecule has 1 aliphatic rings. The van der Waals surface area contributed by atoms with Gasteiger partial charge in [0.15, 0.2) is 0 Å². The van der Waals surface area contributed by atoms with E-state index in [4.69, 9.17) is 0 Å². The maximum absolute atomic E-state index is 12.5. The topological polar surface area (TPSA) is 66.5 Å². The second-order valence-electron chi connectivity index (χ2n) is 6.18. The number of benzene rings is 2. The van der Waals surface area contributed by atoms with E-state index < -0.39 is 16.1 Å². The Kier molecular flexibility index (Phi) is 4.43. The normalized spacial score (nSPS) is 18.2. The van der Waals surface area contributed by atoms with E-state index in [1.165, 1.54) is 0 Å². The molecule has 0 unspecified atom stereocenters. The Morgan fingerprint density at radius 3 is 2.08 bits per heavy atom. The lowest BCUT2D eigenvalue weighted by atomic mass is 10.2. The predicted molar refractivity (Wildman–Crippen MR) is 93.4 cm³/mol. The molecule has 0 radical (unpaired) electrons. The molecule has 0 bridgehead atoms. The van der Waals surface area contributed by atoms with Gasteiger partial charge in [-0.05, 0) is 38.1 Å². The standard InChI is InChI=1S/C18H20N2O3S/c1-13-3-7-16(8-4-13)20-12-15(11-18(20)21)19-24(22,23)17-9-5-14(2)6-10-17/h3-10,15,19H,11-12H2,1-2H3/t15-/m1/s1. The highest BCUT2D eigenvalue weighted by molar-refractivity contribution is 7.89. The number of carbonyl (C=O) groups is 1. The summed E-state index contributed by atoms with van der Waals surface area (Å²) < 4.78 is 27.5. The molecule has 1 saturated heterocycles. The van der Waals surface area contributed by atoms with E-state index in [9.17, 15) is 13.2 Å². The van der Waals surface area contributed by atoms with Crippen LogP contribution >= 0.6 is 0 Å². The largest absolute Gasteiger partial charge is 0.311 e. The smallest absolute Gasteiger partial charge is 0.240 e. The lowest BCUT2D eigenvalue weighted by Crippen LogP contribution is -2.37. The lowest BCUT2D eigenvalue weighted by molar-refractivity contribution is -0.117. The van der Waals surface area contributed by atoms with E-state index in [1.54, 1.807) is 29.2 Å². The van der Waals surface area contributed by atoms with Crippen LogP contribution in [0.4, 0.5) is 5.69 Å². The van der Waals surface area contributed by atoms with Crippen LogP contribution in [-0.4, -0.2) is 26.9 Å². The molecule has 126 valence electrons. The van der Waals surface area contributed by atoms with Gasteiger partial charge < -0.3 is 4.90 Å². The Morgan fingerprint density at radius 2 is 1.50 bits per heavy atom. The summed E-state index contributed by atoms with van der Waals surface area (Å²) in [5.74, 6) is -0.0736. The molecule has 0 spiro atoms. The number of sulfonamides is 1. The van der Waals surface area contributed by atoms with Gasteiger partial charge >= 0.3 is 0 Å². The van der Waals surface area contributed by atoms with Crippen LogP contribution < -0.4 is 9.62 Å². The molecule has 6 heteroatoms. The van der Waals surface area contributed by atoms with Crippen LogP contribution in [0, 0.1) is 13.8 Å². The lowest BCUT2D eigenvalue weighted by Gasteiger charge is -2.17. The van der Waals surface area contributed by atoms with Gasteiger partial charge in [0.05, 0.1) is 4.90 Å². The van der Waals surface area contributed by atoms with E-state index in [0.29, 0.717) is 6.54 Å². The fourth-order valence-electron chi connectivity index (χ4n) is 2.77. The SMILES string of the molecule is Cc1ccc(N2C[C@H](NS(=O)(=O)c3ccc(C)cc3)CC2=O)cc1. The van der Waals surface area contributed by atoms with E-state index in [2.05, 4.69) is 4.72 Å². The molecule has 3 rings (SSSR count). The molecular weight excluding hydrogens is 324 g/mol. The van der Waals surface area contributed by atoms with Crippen LogP contribution in [0.1, 0.15) is 17.5 Å². The van der Waals surface area contributed by atoms with E-state index in [0.717, 1.165) is 16.8 Å². The number of rotatable bonds is 4. The van der Waals surface area contributed by atoms with E-state index >= 15 is 0 Å². The third kappa shape index (κ3) is 3.49. The molecule has 0 aromatic heterocycles. The average Bonchev–Trinajstić information content (AvgIpc) is 2.88. The minimum atomic E-state index is -3.63. The quantitative estimate of drug-likeness (QED) is 0.926. The molecule has 0 aliphatic carbocycles. The Hall–Kier alpha value is -2.18. The van der Waals surface area contributed by atoms with E-state index in [1.807, 2.05) is 38.1 Å². The van der Waals surface area contributed by atoms with Gasteiger partial charge in [0.25, 0.3) is 0 Å². The van der Waals surface area contributed by atoms with Crippen molar-refractivity contribution in [3.63, 3.8) is 0 Å². The first-order valence-corrected chi connectivity index (χ1v) is 9.29. The minimum absolute atomic E-state index is 0.0736. The van der Waals surface area contributed by atoms with Gasteiger partial charge in [-0.15, -0.1) is 0 Å². The number of carbonyl (C=O) groups excluding carboxylic acids is 1. The maximum atomic E-state index is 12.5. The van der Waals surface area contributed by atoms with Gasteiger partial charge in [-0.2, -0.15) is 0 Å². The zero-order valence-electron chi connectivity index (χ0n) is 13.7. The number of hydrogen-bond donors (Lipinski definition) is 1. The Morgan fingerprint density at radius 1 is 0.958 bits per heavy atom. The number of aryl methyl sites for hydroxylation is 2. The number of anilines is 1. The first-order valence-electron chi connectivity index (χ1n) is 7.81. The van der Waals surface area contributed by atoms with Crippen LogP contribution in [0.25, 0.3) is 0 Å². The van der Waals surface area contributed by atoms with Crippen molar-refractivity contribution in [3.8, 4) is 0 Å². The van der Waals surface area contributed by atoms with Crippen LogP contribution in [0.15, 0.2) is 53.4 Å². The molecule has 2 aromatic carbocycles. The van der Waals surface area contributed by atoms with Crippen LogP contribution in [-0.2, 0) is 14.8 Å². The molecular formula is C18H20N2O3S. The second-order valence-corrected chi connectivity index (χ2v) is 7.89. The fourth-order valence-corrected chi connectivity index (χ4v) is 3.99. The number of nitrogens with zero attached hydrogens (tertiary/aromatic N) is 1. The summed E-state index contributed by atoms with van der Waals surface area (Å²) in [5, 5.41) is 0.